The molecule has 3 N–H and O–H groups in total. The van der Waals surface area contributed by atoms with Crippen molar-refractivity contribution >= 4 is 45.1 Å². The summed E-state index contributed by atoms with van der Waals surface area (Å²) in [5.74, 6) is -2.89. The van der Waals surface area contributed by atoms with E-state index >= 15 is 0 Å². The number of pyridine rings is 1. The third-order valence-electron chi connectivity index (χ3n) is 5.06. The molecule has 1 aliphatic heterocycles. The van der Waals surface area contributed by atoms with Crippen LogP contribution in [0.25, 0.3) is 0 Å². The summed E-state index contributed by atoms with van der Waals surface area (Å²) in [5.41, 5.74) is 2.36. The number of piperazine rings is 1. The van der Waals surface area contributed by atoms with Crippen LogP contribution in [0.5, 0.6) is 0 Å². The average molecular weight is 570 g/mol. The van der Waals surface area contributed by atoms with Gasteiger partial charge in [0, 0.05) is 55.2 Å². The normalized spacial score (nSPS) is 13.4. The van der Waals surface area contributed by atoms with Gasteiger partial charge in [-0.25, -0.2) is 9.78 Å². The van der Waals surface area contributed by atoms with Gasteiger partial charge in [-0.05, 0) is 52.3 Å². The maximum absolute atomic E-state index is 12.8. The number of halogens is 4. The lowest BCUT2D eigenvalue weighted by molar-refractivity contribution is -0.377. The first kappa shape index (κ1) is 26.7. The predicted molar refractivity (Wildman–Crippen MR) is 126 cm³/mol. The number of anilines is 2. The van der Waals surface area contributed by atoms with Gasteiger partial charge in [-0.3, -0.25) is 9.59 Å². The molecule has 9 nitrogen and oxygen atoms in total. The highest BCUT2D eigenvalue weighted by atomic mass is 79.9. The zero-order valence-electron chi connectivity index (χ0n) is 18.6. The van der Waals surface area contributed by atoms with Crippen LogP contribution >= 0.6 is 15.9 Å². The zero-order chi connectivity index (χ0) is 26.3. The molecule has 1 fully saturated rings. The Hall–Kier alpha value is -3.87. The minimum absolute atomic E-state index is 0.00103. The first-order valence-electron chi connectivity index (χ1n) is 10.5. The van der Waals surface area contributed by atoms with Crippen LogP contribution in [-0.2, 0) is 4.79 Å². The van der Waals surface area contributed by atoms with Crippen LogP contribution in [-0.4, -0.2) is 60.1 Å². The van der Waals surface area contributed by atoms with E-state index < -0.39 is 12.1 Å². The van der Waals surface area contributed by atoms with E-state index in [2.05, 4.69) is 31.1 Å². The fourth-order valence-corrected chi connectivity index (χ4v) is 3.57. The molecular weight excluding hydrogens is 549 g/mol. The van der Waals surface area contributed by atoms with Gasteiger partial charge in [-0.1, -0.05) is 0 Å². The maximum Gasteiger partial charge on any atom is 0.490 e. The van der Waals surface area contributed by atoms with Crippen molar-refractivity contribution in [3.05, 3.63) is 76.9 Å². The molecule has 36 heavy (non-hydrogen) atoms. The molecule has 4 rings (SSSR count). The number of carbonyl (C=O) groups excluding carboxylic acids is 2. The van der Waals surface area contributed by atoms with E-state index in [0.29, 0.717) is 29.0 Å². The molecule has 1 aliphatic rings. The number of nitrogens with zero attached hydrogens (tertiary/aromatic N) is 2. The molecule has 1 aromatic carbocycles. The lowest BCUT2D eigenvalue weighted by Gasteiger charge is -2.35. The number of benzene rings is 1. The van der Waals surface area contributed by atoms with Crippen molar-refractivity contribution < 1.29 is 42.1 Å². The van der Waals surface area contributed by atoms with Crippen molar-refractivity contribution in [2.75, 3.05) is 36.4 Å². The van der Waals surface area contributed by atoms with Crippen LogP contribution in [0.1, 0.15) is 20.9 Å². The summed E-state index contributed by atoms with van der Waals surface area (Å²) in [6.07, 6.45) is -1.28. The van der Waals surface area contributed by atoms with E-state index in [1.54, 1.807) is 36.4 Å². The number of carboxylic acid groups (broad SMARTS) is 1. The van der Waals surface area contributed by atoms with Gasteiger partial charge in [0.05, 0.1) is 0 Å². The van der Waals surface area contributed by atoms with Gasteiger partial charge in [0.1, 0.15) is 0 Å². The average Bonchev–Trinajstić information content (AvgIpc) is 3.31. The molecule has 0 unspecified atom stereocenters. The fourth-order valence-electron chi connectivity index (χ4n) is 3.26. The number of hydrogen-bond donors (Lipinski definition) is 2. The van der Waals surface area contributed by atoms with Crippen LogP contribution in [0.15, 0.2) is 70.0 Å². The van der Waals surface area contributed by atoms with E-state index in [1.165, 1.54) is 0 Å². The summed E-state index contributed by atoms with van der Waals surface area (Å²) >= 11 is 3.17. The summed E-state index contributed by atoms with van der Waals surface area (Å²) in [7, 11) is 0. The van der Waals surface area contributed by atoms with Gasteiger partial charge in [-0.2, -0.15) is 13.2 Å². The Kier molecular flexibility index (Phi) is 8.69. The fraction of sp³-hybridized carbons (Fsp3) is 0.217. The van der Waals surface area contributed by atoms with Crippen LogP contribution in [0.3, 0.4) is 0 Å². The van der Waals surface area contributed by atoms with Gasteiger partial charge in [0.2, 0.25) is 0 Å². The highest BCUT2D eigenvalue weighted by Crippen LogP contribution is 2.19. The Morgan fingerprint density at radius 3 is 2.03 bits per heavy atom. The number of aliphatic carboxylic acids is 1. The second-order valence-electron chi connectivity index (χ2n) is 7.48. The van der Waals surface area contributed by atoms with Crippen LogP contribution in [0, 0.1) is 0 Å². The summed E-state index contributed by atoms with van der Waals surface area (Å²) in [6.45, 7) is 2.93. The number of amides is 2. The highest BCUT2D eigenvalue weighted by Gasteiger charge is 2.38. The topological polar surface area (TPSA) is 117 Å². The molecule has 0 atom stereocenters. The summed E-state index contributed by atoms with van der Waals surface area (Å²) in [6, 6.07) is 14.2. The molecule has 13 heteroatoms. The molecule has 2 amide bonds. The van der Waals surface area contributed by atoms with Crippen molar-refractivity contribution in [3.8, 4) is 0 Å². The SMILES string of the molecule is O=C(Nc1ccc(C(=O)N2CCN(c3cc[nH+]cc3)CC2)cc1)c1ccc(Br)o1.O=C(O)C(F)(F)F. The Morgan fingerprint density at radius 1 is 0.944 bits per heavy atom. The molecule has 0 bridgehead atoms. The summed E-state index contributed by atoms with van der Waals surface area (Å²) in [5, 5.41) is 9.88. The number of alkyl halides is 3. The summed E-state index contributed by atoms with van der Waals surface area (Å²) < 4.78 is 37.5. The number of nitrogens with one attached hydrogen (secondary N) is 2. The van der Waals surface area contributed by atoms with Crippen molar-refractivity contribution in [1.82, 2.24) is 4.90 Å². The number of carbonyl (C=O) groups is 3. The molecule has 0 radical (unpaired) electrons. The third kappa shape index (κ3) is 7.31. The lowest BCUT2D eigenvalue weighted by atomic mass is 10.1. The lowest BCUT2D eigenvalue weighted by Crippen LogP contribution is -2.48. The molecule has 0 spiro atoms. The van der Waals surface area contributed by atoms with Crippen molar-refractivity contribution in [1.29, 1.82) is 0 Å². The van der Waals surface area contributed by atoms with Crippen molar-refractivity contribution in [2.24, 2.45) is 0 Å². The van der Waals surface area contributed by atoms with Gasteiger partial charge in [0.25, 0.3) is 11.8 Å². The molecule has 0 saturated carbocycles. The van der Waals surface area contributed by atoms with E-state index in [0.717, 1.165) is 18.8 Å². The largest absolute Gasteiger partial charge is 0.490 e. The Bertz CT molecular complexity index is 1190. The minimum Gasteiger partial charge on any atom is -0.475 e. The van der Waals surface area contributed by atoms with Gasteiger partial charge in [-0.15, -0.1) is 0 Å². The number of rotatable bonds is 4. The molecule has 2 aromatic heterocycles. The van der Waals surface area contributed by atoms with E-state index in [1.807, 2.05) is 29.4 Å². The molecule has 190 valence electrons. The molecule has 3 aromatic rings. The molecule has 1 saturated heterocycles. The first-order chi connectivity index (χ1) is 17.0. The van der Waals surface area contributed by atoms with E-state index in [-0.39, 0.29) is 17.6 Å². The second kappa shape index (κ2) is 11.7. The molecule has 0 aliphatic carbocycles. The molecule has 3 heterocycles. The second-order valence-corrected chi connectivity index (χ2v) is 8.26. The van der Waals surface area contributed by atoms with Crippen LogP contribution < -0.4 is 15.2 Å². The number of carboxylic acids is 1. The third-order valence-corrected chi connectivity index (χ3v) is 5.49. The van der Waals surface area contributed by atoms with Gasteiger partial charge >= 0.3 is 12.1 Å². The number of furan rings is 1. The van der Waals surface area contributed by atoms with Crippen molar-refractivity contribution in [3.63, 3.8) is 0 Å². The van der Waals surface area contributed by atoms with Crippen LogP contribution in [0.2, 0.25) is 0 Å². The van der Waals surface area contributed by atoms with E-state index in [9.17, 15) is 22.8 Å². The quantitative estimate of drug-likeness (QED) is 0.494. The van der Waals surface area contributed by atoms with Crippen molar-refractivity contribution in [2.45, 2.75) is 6.18 Å². The van der Waals surface area contributed by atoms with Gasteiger partial charge < -0.3 is 24.6 Å². The number of H-pyrrole nitrogens is 1. The summed E-state index contributed by atoms with van der Waals surface area (Å²) in [4.78, 5) is 41.0. The number of aromatic nitrogens is 1. The van der Waals surface area contributed by atoms with E-state index in [4.69, 9.17) is 14.3 Å². The minimum atomic E-state index is -5.08. The Morgan fingerprint density at radius 2 is 1.53 bits per heavy atom. The van der Waals surface area contributed by atoms with Crippen LogP contribution in [0.4, 0.5) is 24.5 Å². The highest BCUT2D eigenvalue weighted by molar-refractivity contribution is 9.10. The first-order valence-corrected chi connectivity index (χ1v) is 11.3. The molecular formula is C23H21BrF3N4O5+. The number of aromatic amines is 1. The monoisotopic (exact) mass is 569 g/mol. The van der Waals surface area contributed by atoms with Gasteiger partial charge in [0.15, 0.2) is 22.8 Å². The standard InChI is InChI=1S/C21H19BrN4O3.C2HF3O2/c22-19-6-5-18(29-19)20(27)24-16-3-1-15(2-4-16)21(28)26-13-11-25(12-14-26)17-7-9-23-10-8-17;3-2(4,5)1(6)7/h1-10H,11-14H2,(H,24,27);(H,6,7)/p+1. The number of hydrogen-bond acceptors (Lipinski definition) is 5. The Labute approximate surface area is 211 Å². The Balaban J connectivity index is 0.000000454. The smallest absolute Gasteiger partial charge is 0.475 e. The predicted octanol–water partition coefficient (Wildman–Crippen LogP) is 3.70. The maximum atomic E-state index is 12.8. The zero-order valence-corrected chi connectivity index (χ0v) is 20.2.